The van der Waals surface area contributed by atoms with E-state index in [1.807, 2.05) is 35.2 Å². The minimum atomic E-state index is 0.0273. The third kappa shape index (κ3) is 3.04. The molecule has 146 valence electrons. The van der Waals surface area contributed by atoms with Gasteiger partial charge in [-0.05, 0) is 42.7 Å². The molecule has 1 atom stereocenters. The molecule has 0 bridgehead atoms. The number of rotatable bonds is 4. The molecular weight excluding hydrogens is 366 g/mol. The van der Waals surface area contributed by atoms with Crippen LogP contribution in [0.4, 0.5) is 0 Å². The summed E-state index contributed by atoms with van der Waals surface area (Å²) in [6.45, 7) is 0.744. The smallest absolute Gasteiger partial charge is 0.256 e. The van der Waals surface area contributed by atoms with Gasteiger partial charge in [-0.1, -0.05) is 12.1 Å². The van der Waals surface area contributed by atoms with E-state index in [9.17, 15) is 4.79 Å². The first-order chi connectivity index (χ1) is 14.2. The first-order valence-electron chi connectivity index (χ1n) is 9.67. The van der Waals surface area contributed by atoms with Crippen molar-refractivity contribution in [3.8, 4) is 17.0 Å². The molecule has 1 aliphatic rings. The summed E-state index contributed by atoms with van der Waals surface area (Å²) in [7, 11) is 1.66. The van der Waals surface area contributed by atoms with Crippen LogP contribution >= 0.6 is 0 Å². The molecule has 4 aromatic rings. The van der Waals surface area contributed by atoms with Gasteiger partial charge in [-0.15, -0.1) is 0 Å². The van der Waals surface area contributed by atoms with Gasteiger partial charge >= 0.3 is 0 Å². The minimum absolute atomic E-state index is 0.0273. The van der Waals surface area contributed by atoms with E-state index in [2.05, 4.69) is 26.2 Å². The van der Waals surface area contributed by atoms with E-state index in [1.165, 1.54) is 0 Å². The Morgan fingerprint density at radius 2 is 2.17 bits per heavy atom. The van der Waals surface area contributed by atoms with Gasteiger partial charge in [0.15, 0.2) is 0 Å². The lowest BCUT2D eigenvalue weighted by atomic mass is 10.0. The molecule has 0 aliphatic carbocycles. The highest BCUT2D eigenvalue weighted by Gasteiger charge is 2.32. The minimum Gasteiger partial charge on any atom is -0.497 e. The third-order valence-electron chi connectivity index (χ3n) is 5.56. The van der Waals surface area contributed by atoms with Crippen LogP contribution in [0.2, 0.25) is 0 Å². The van der Waals surface area contributed by atoms with Crippen molar-refractivity contribution in [1.82, 2.24) is 25.1 Å². The van der Waals surface area contributed by atoms with Crippen molar-refractivity contribution in [2.24, 2.45) is 0 Å². The summed E-state index contributed by atoms with van der Waals surface area (Å²) in [6.07, 6.45) is 7.22. The fraction of sp³-hybridized carbons (Fsp3) is 0.227. The molecule has 1 aliphatic heterocycles. The average Bonchev–Trinajstić information content (AvgIpc) is 3.53. The van der Waals surface area contributed by atoms with Gasteiger partial charge in [0, 0.05) is 29.9 Å². The lowest BCUT2D eigenvalue weighted by Crippen LogP contribution is -2.30. The Labute approximate surface area is 167 Å². The number of fused-ring (bicyclic) bond motifs is 1. The quantitative estimate of drug-likeness (QED) is 0.555. The molecule has 1 amide bonds. The molecule has 1 saturated heterocycles. The van der Waals surface area contributed by atoms with E-state index in [4.69, 9.17) is 4.74 Å². The van der Waals surface area contributed by atoms with Crippen molar-refractivity contribution in [1.29, 1.82) is 0 Å². The Balaban J connectivity index is 1.47. The predicted molar refractivity (Wildman–Crippen MR) is 110 cm³/mol. The van der Waals surface area contributed by atoms with E-state index >= 15 is 0 Å². The number of H-pyrrole nitrogens is 2. The maximum absolute atomic E-state index is 13.4. The second-order valence-electron chi connectivity index (χ2n) is 7.22. The van der Waals surface area contributed by atoms with Gasteiger partial charge in [0.2, 0.25) is 0 Å². The highest BCUT2D eigenvalue weighted by atomic mass is 16.5. The van der Waals surface area contributed by atoms with E-state index in [0.717, 1.165) is 47.3 Å². The Morgan fingerprint density at radius 3 is 3.00 bits per heavy atom. The molecule has 5 rings (SSSR count). The summed E-state index contributed by atoms with van der Waals surface area (Å²) in [5.41, 5.74) is 4.18. The molecule has 7 heteroatoms. The molecule has 3 aromatic heterocycles. The summed E-state index contributed by atoms with van der Waals surface area (Å²) >= 11 is 0. The van der Waals surface area contributed by atoms with E-state index in [-0.39, 0.29) is 11.9 Å². The topological polar surface area (TPSA) is 86.9 Å². The largest absolute Gasteiger partial charge is 0.497 e. The zero-order chi connectivity index (χ0) is 19.8. The molecule has 1 aromatic carbocycles. The number of hydrogen-bond donors (Lipinski definition) is 2. The fourth-order valence-electron chi connectivity index (χ4n) is 4.09. The zero-order valence-corrected chi connectivity index (χ0v) is 16.1. The Morgan fingerprint density at radius 1 is 1.24 bits per heavy atom. The highest BCUT2D eigenvalue weighted by Crippen LogP contribution is 2.35. The zero-order valence-electron chi connectivity index (χ0n) is 16.1. The van der Waals surface area contributed by atoms with Crippen molar-refractivity contribution < 1.29 is 9.53 Å². The highest BCUT2D eigenvalue weighted by molar-refractivity contribution is 6.06. The Hall–Kier alpha value is -3.61. The van der Waals surface area contributed by atoms with Crippen LogP contribution in [0.25, 0.3) is 22.3 Å². The average molecular weight is 387 g/mol. The number of hydrogen-bond acceptors (Lipinski definition) is 4. The Kier molecular flexibility index (Phi) is 4.27. The predicted octanol–water partition coefficient (Wildman–Crippen LogP) is 3.94. The third-order valence-corrected chi connectivity index (χ3v) is 5.56. The molecule has 0 unspecified atom stereocenters. The second-order valence-corrected chi connectivity index (χ2v) is 7.22. The van der Waals surface area contributed by atoms with Crippen LogP contribution in [-0.2, 0) is 0 Å². The number of aromatic nitrogens is 4. The number of methoxy groups -OCH3 is 1. The van der Waals surface area contributed by atoms with Crippen LogP contribution in [-0.4, -0.2) is 44.6 Å². The summed E-state index contributed by atoms with van der Waals surface area (Å²) in [6, 6.07) is 11.9. The van der Waals surface area contributed by atoms with Crippen molar-refractivity contribution in [3.63, 3.8) is 0 Å². The summed E-state index contributed by atoms with van der Waals surface area (Å²) in [5.74, 6) is 0.837. The van der Waals surface area contributed by atoms with Gasteiger partial charge in [0.1, 0.15) is 11.4 Å². The molecule has 0 radical (unpaired) electrons. The van der Waals surface area contributed by atoms with E-state index in [0.29, 0.717) is 11.2 Å². The number of benzene rings is 1. The second kappa shape index (κ2) is 7.09. The monoisotopic (exact) mass is 387 g/mol. The van der Waals surface area contributed by atoms with Gasteiger partial charge < -0.3 is 14.6 Å². The number of ether oxygens (including phenoxy) is 1. The standard InChI is InChI=1S/C22H21N5O2/c1-29-16-5-2-4-14(10-16)20-6-3-9-27(20)22(28)18-13-23-21-17(18)7-8-19(26-21)15-11-24-25-12-15/h2,4-5,7-8,10-13,20H,3,6,9H2,1H3,(H,23,26)(H,24,25)/t20-/m1/s1. The van der Waals surface area contributed by atoms with Crippen molar-refractivity contribution in [3.05, 3.63) is 66.1 Å². The van der Waals surface area contributed by atoms with Crippen LogP contribution < -0.4 is 4.74 Å². The molecule has 0 spiro atoms. The number of carbonyl (C=O) groups excluding carboxylic acids is 1. The van der Waals surface area contributed by atoms with Crippen LogP contribution in [0.1, 0.15) is 34.8 Å². The number of carbonyl (C=O) groups is 1. The molecular formula is C22H21N5O2. The van der Waals surface area contributed by atoms with Gasteiger partial charge in [0.25, 0.3) is 5.91 Å². The number of nitrogens with one attached hydrogen (secondary N) is 2. The van der Waals surface area contributed by atoms with Crippen molar-refractivity contribution in [2.75, 3.05) is 13.7 Å². The van der Waals surface area contributed by atoms with Gasteiger partial charge in [-0.2, -0.15) is 5.10 Å². The number of nitrogens with zero attached hydrogens (tertiary/aromatic N) is 3. The van der Waals surface area contributed by atoms with Gasteiger partial charge in [-0.25, -0.2) is 4.98 Å². The van der Waals surface area contributed by atoms with Gasteiger partial charge in [-0.3, -0.25) is 9.89 Å². The SMILES string of the molecule is COc1cccc([C@H]2CCCN2C(=O)c2c[nH]c3nc(-c4cn[nH]c4)ccc23)c1. The molecule has 0 saturated carbocycles. The molecule has 29 heavy (non-hydrogen) atoms. The normalized spacial score (nSPS) is 16.4. The van der Waals surface area contributed by atoms with Crippen molar-refractivity contribution >= 4 is 16.9 Å². The van der Waals surface area contributed by atoms with Crippen LogP contribution in [0.15, 0.2) is 55.0 Å². The fourth-order valence-corrected chi connectivity index (χ4v) is 4.09. The van der Waals surface area contributed by atoms with E-state index < -0.39 is 0 Å². The maximum Gasteiger partial charge on any atom is 0.256 e. The number of amides is 1. The van der Waals surface area contributed by atoms with Crippen LogP contribution in [0.3, 0.4) is 0 Å². The lowest BCUT2D eigenvalue weighted by molar-refractivity contribution is 0.0737. The summed E-state index contributed by atoms with van der Waals surface area (Å²) in [4.78, 5) is 23.2. The summed E-state index contributed by atoms with van der Waals surface area (Å²) < 4.78 is 5.36. The lowest BCUT2D eigenvalue weighted by Gasteiger charge is -2.25. The maximum atomic E-state index is 13.4. The van der Waals surface area contributed by atoms with Crippen LogP contribution in [0.5, 0.6) is 5.75 Å². The molecule has 7 nitrogen and oxygen atoms in total. The molecule has 2 N–H and O–H groups in total. The van der Waals surface area contributed by atoms with Crippen LogP contribution in [0, 0.1) is 0 Å². The number of pyridine rings is 1. The van der Waals surface area contributed by atoms with Crippen molar-refractivity contribution in [2.45, 2.75) is 18.9 Å². The molecule has 4 heterocycles. The van der Waals surface area contributed by atoms with E-state index in [1.54, 1.807) is 25.7 Å². The number of likely N-dealkylation sites (tertiary alicyclic amines) is 1. The number of aromatic amines is 2. The first-order valence-corrected chi connectivity index (χ1v) is 9.67. The van der Waals surface area contributed by atoms with Gasteiger partial charge in [0.05, 0.1) is 30.6 Å². The summed E-state index contributed by atoms with van der Waals surface area (Å²) in [5, 5.41) is 7.60. The molecule has 1 fully saturated rings. The Bertz CT molecular complexity index is 1170. The first kappa shape index (κ1) is 17.5.